The van der Waals surface area contributed by atoms with Crippen LogP contribution in [0.1, 0.15) is 27.2 Å². The summed E-state index contributed by atoms with van der Waals surface area (Å²) in [5.74, 6) is 0.577. The lowest BCUT2D eigenvalue weighted by Crippen LogP contribution is -2.17. The van der Waals surface area contributed by atoms with Gasteiger partial charge in [0.25, 0.3) is 0 Å². The first-order valence-electron chi connectivity index (χ1n) is 4.57. The number of hydrogen-bond donors (Lipinski definition) is 0. The Morgan fingerprint density at radius 3 is 2.00 bits per heavy atom. The van der Waals surface area contributed by atoms with Crippen LogP contribution < -0.4 is 0 Å². The molecule has 0 heterocycles. The van der Waals surface area contributed by atoms with Crippen LogP contribution in [0.3, 0.4) is 0 Å². The highest BCUT2D eigenvalue weighted by molar-refractivity contribution is 5.23. The Kier molecular flexibility index (Phi) is 4.72. The molecular weight excluding hydrogens is 146 g/mol. The second-order valence-electron chi connectivity index (χ2n) is 3.52. The van der Waals surface area contributed by atoms with Gasteiger partial charge in [-0.05, 0) is 17.9 Å². The first kappa shape index (κ1) is 11.3. The van der Waals surface area contributed by atoms with Crippen molar-refractivity contribution in [1.29, 1.82) is 0 Å². The summed E-state index contributed by atoms with van der Waals surface area (Å²) in [4.78, 5) is 2.19. The molecule has 0 aliphatic heterocycles. The largest absolute Gasteiger partial charge is 0.381 e. The molecule has 0 aromatic heterocycles. The second-order valence-corrected chi connectivity index (χ2v) is 3.52. The van der Waals surface area contributed by atoms with Crippen molar-refractivity contribution in [1.82, 2.24) is 4.90 Å². The van der Waals surface area contributed by atoms with Gasteiger partial charge in [0.1, 0.15) is 0 Å². The third-order valence-electron chi connectivity index (χ3n) is 1.98. The molecule has 0 bridgehead atoms. The number of nitrogens with zero attached hydrogens (tertiary/aromatic N) is 1. The molecule has 0 unspecified atom stereocenters. The first-order chi connectivity index (χ1) is 5.54. The standard InChI is InChI=1S/C11H21N/c1-7-10(8-2)11(9(3)4)12(5)6/h7,9H,1,8H2,2-6H3/b11-10+. The molecule has 0 aliphatic rings. The zero-order valence-electron chi connectivity index (χ0n) is 9.02. The van der Waals surface area contributed by atoms with E-state index < -0.39 is 0 Å². The van der Waals surface area contributed by atoms with Crippen molar-refractivity contribution in [3.63, 3.8) is 0 Å². The maximum atomic E-state index is 3.83. The highest BCUT2D eigenvalue weighted by Crippen LogP contribution is 2.19. The summed E-state index contributed by atoms with van der Waals surface area (Å²) in [5.41, 5.74) is 2.75. The molecule has 0 radical (unpaired) electrons. The van der Waals surface area contributed by atoms with Crippen molar-refractivity contribution in [2.45, 2.75) is 27.2 Å². The Bertz CT molecular complexity index is 165. The molecule has 0 atom stereocenters. The van der Waals surface area contributed by atoms with Crippen LogP contribution >= 0.6 is 0 Å². The van der Waals surface area contributed by atoms with Gasteiger partial charge in [-0.15, -0.1) is 0 Å². The Morgan fingerprint density at radius 2 is 1.92 bits per heavy atom. The minimum Gasteiger partial charge on any atom is -0.381 e. The lowest BCUT2D eigenvalue weighted by Gasteiger charge is -2.23. The highest BCUT2D eigenvalue weighted by atomic mass is 15.1. The lowest BCUT2D eigenvalue weighted by molar-refractivity contribution is 0.439. The van der Waals surface area contributed by atoms with E-state index >= 15 is 0 Å². The third-order valence-corrected chi connectivity index (χ3v) is 1.98. The van der Waals surface area contributed by atoms with E-state index in [1.165, 1.54) is 11.3 Å². The Hall–Kier alpha value is -0.720. The molecule has 1 nitrogen and oxygen atoms in total. The molecule has 70 valence electrons. The number of rotatable bonds is 4. The van der Waals surface area contributed by atoms with Crippen LogP contribution in [-0.4, -0.2) is 19.0 Å². The number of allylic oxidation sites excluding steroid dienone is 3. The molecule has 0 fully saturated rings. The van der Waals surface area contributed by atoms with E-state index in [-0.39, 0.29) is 0 Å². The predicted molar refractivity (Wildman–Crippen MR) is 56.0 cm³/mol. The number of hydrogen-bond acceptors (Lipinski definition) is 1. The third kappa shape index (κ3) is 2.72. The summed E-state index contributed by atoms with van der Waals surface area (Å²) < 4.78 is 0. The van der Waals surface area contributed by atoms with Gasteiger partial charge in [-0.1, -0.05) is 33.4 Å². The van der Waals surface area contributed by atoms with Gasteiger partial charge in [0.2, 0.25) is 0 Å². The minimum absolute atomic E-state index is 0.577. The Labute approximate surface area is 76.8 Å². The van der Waals surface area contributed by atoms with Crippen LogP contribution in [0.15, 0.2) is 23.9 Å². The van der Waals surface area contributed by atoms with E-state index in [1.54, 1.807) is 0 Å². The first-order valence-corrected chi connectivity index (χ1v) is 4.57. The van der Waals surface area contributed by atoms with Crippen LogP contribution in [-0.2, 0) is 0 Å². The molecule has 0 N–H and O–H groups in total. The van der Waals surface area contributed by atoms with Crippen molar-refractivity contribution in [2.24, 2.45) is 5.92 Å². The van der Waals surface area contributed by atoms with Crippen LogP contribution in [0.4, 0.5) is 0 Å². The van der Waals surface area contributed by atoms with Gasteiger partial charge in [-0.25, -0.2) is 0 Å². The normalized spacial score (nSPS) is 12.8. The van der Waals surface area contributed by atoms with Crippen LogP contribution in [0.5, 0.6) is 0 Å². The summed E-state index contributed by atoms with van der Waals surface area (Å²) in [7, 11) is 4.18. The predicted octanol–water partition coefficient (Wildman–Crippen LogP) is 3.05. The molecule has 0 rings (SSSR count). The molecule has 12 heavy (non-hydrogen) atoms. The molecule has 0 aromatic carbocycles. The van der Waals surface area contributed by atoms with Crippen molar-refractivity contribution in [3.05, 3.63) is 23.9 Å². The van der Waals surface area contributed by atoms with Gasteiger partial charge in [-0.2, -0.15) is 0 Å². The summed E-state index contributed by atoms with van der Waals surface area (Å²) in [6.07, 6.45) is 3.03. The molecule has 0 saturated heterocycles. The zero-order chi connectivity index (χ0) is 9.72. The molecule has 0 aromatic rings. The van der Waals surface area contributed by atoms with Crippen LogP contribution in [0, 0.1) is 5.92 Å². The second kappa shape index (κ2) is 5.02. The van der Waals surface area contributed by atoms with Gasteiger partial charge in [-0.3, -0.25) is 0 Å². The van der Waals surface area contributed by atoms with Crippen molar-refractivity contribution < 1.29 is 0 Å². The average Bonchev–Trinajstić information content (AvgIpc) is 1.98. The quantitative estimate of drug-likeness (QED) is 0.582. The van der Waals surface area contributed by atoms with E-state index in [1.807, 2.05) is 6.08 Å². The maximum Gasteiger partial charge on any atom is 0.0186 e. The molecular formula is C11H21N. The smallest absolute Gasteiger partial charge is 0.0186 e. The zero-order valence-corrected chi connectivity index (χ0v) is 9.02. The highest BCUT2D eigenvalue weighted by Gasteiger charge is 2.08. The fraction of sp³-hybridized carbons (Fsp3) is 0.636. The van der Waals surface area contributed by atoms with Gasteiger partial charge in [0.05, 0.1) is 0 Å². The van der Waals surface area contributed by atoms with E-state index in [9.17, 15) is 0 Å². The minimum atomic E-state index is 0.577. The van der Waals surface area contributed by atoms with Gasteiger partial charge >= 0.3 is 0 Å². The molecule has 0 saturated carbocycles. The molecule has 0 amide bonds. The summed E-state index contributed by atoms with van der Waals surface area (Å²) in [5, 5.41) is 0. The fourth-order valence-electron chi connectivity index (χ4n) is 1.60. The Balaban J connectivity index is 4.89. The lowest BCUT2D eigenvalue weighted by atomic mass is 10.0. The molecule has 0 spiro atoms. The SMILES string of the molecule is C=C/C(CC)=C(/C(C)C)N(C)C. The summed E-state index contributed by atoms with van der Waals surface area (Å²) >= 11 is 0. The van der Waals surface area contributed by atoms with Crippen molar-refractivity contribution in [2.75, 3.05) is 14.1 Å². The van der Waals surface area contributed by atoms with Crippen molar-refractivity contribution in [3.8, 4) is 0 Å². The summed E-state index contributed by atoms with van der Waals surface area (Å²) in [6.45, 7) is 10.4. The van der Waals surface area contributed by atoms with E-state index in [0.29, 0.717) is 5.92 Å². The Morgan fingerprint density at radius 1 is 1.42 bits per heavy atom. The topological polar surface area (TPSA) is 3.24 Å². The molecule has 1 heteroatoms. The maximum absolute atomic E-state index is 3.83. The van der Waals surface area contributed by atoms with E-state index in [0.717, 1.165) is 6.42 Å². The van der Waals surface area contributed by atoms with Gasteiger partial charge in [0, 0.05) is 19.8 Å². The van der Waals surface area contributed by atoms with E-state index in [4.69, 9.17) is 0 Å². The molecule has 0 aliphatic carbocycles. The monoisotopic (exact) mass is 167 g/mol. The average molecular weight is 167 g/mol. The fourth-order valence-corrected chi connectivity index (χ4v) is 1.60. The van der Waals surface area contributed by atoms with Gasteiger partial charge < -0.3 is 4.90 Å². The van der Waals surface area contributed by atoms with Crippen LogP contribution in [0.25, 0.3) is 0 Å². The van der Waals surface area contributed by atoms with E-state index in [2.05, 4.69) is 46.3 Å². The van der Waals surface area contributed by atoms with Gasteiger partial charge in [0.15, 0.2) is 0 Å². The van der Waals surface area contributed by atoms with Crippen LogP contribution in [0.2, 0.25) is 0 Å². The summed E-state index contributed by atoms with van der Waals surface area (Å²) in [6, 6.07) is 0. The van der Waals surface area contributed by atoms with Crippen molar-refractivity contribution >= 4 is 0 Å².